The van der Waals surface area contributed by atoms with Gasteiger partial charge < -0.3 is 10.2 Å². The van der Waals surface area contributed by atoms with E-state index in [1.807, 2.05) is 6.92 Å². The number of rotatable bonds is 3. The summed E-state index contributed by atoms with van der Waals surface area (Å²) in [6.45, 7) is 9.15. The van der Waals surface area contributed by atoms with E-state index in [2.05, 4.69) is 46.0 Å². The summed E-state index contributed by atoms with van der Waals surface area (Å²) in [6, 6.07) is 0.967. The van der Waals surface area contributed by atoms with E-state index in [0.29, 0.717) is 23.1 Å². The molecule has 1 N–H and O–H groups in total. The van der Waals surface area contributed by atoms with E-state index in [-0.39, 0.29) is 0 Å². The number of nitrogens with one attached hydrogen (secondary N) is 1. The van der Waals surface area contributed by atoms with Crippen LogP contribution in [0.4, 0.5) is 11.8 Å². The minimum absolute atomic E-state index is 0.484. The van der Waals surface area contributed by atoms with Crippen molar-refractivity contribution in [3.63, 3.8) is 0 Å². The fourth-order valence-corrected chi connectivity index (χ4v) is 2.61. The van der Waals surface area contributed by atoms with Crippen molar-refractivity contribution in [2.75, 3.05) is 36.9 Å². The molecule has 0 saturated carbocycles. The van der Waals surface area contributed by atoms with E-state index >= 15 is 0 Å². The lowest BCUT2D eigenvalue weighted by molar-refractivity contribution is 0.169. The summed E-state index contributed by atoms with van der Waals surface area (Å²) < 4.78 is 0. The van der Waals surface area contributed by atoms with Crippen molar-refractivity contribution in [3.8, 4) is 0 Å². The van der Waals surface area contributed by atoms with Gasteiger partial charge in [-0.05, 0) is 27.8 Å². The zero-order chi connectivity index (χ0) is 14.0. The predicted molar refractivity (Wildman–Crippen MR) is 80.1 cm³/mol. The molecule has 0 amide bonds. The van der Waals surface area contributed by atoms with Crippen LogP contribution in [0.5, 0.6) is 0 Å². The molecule has 2 heterocycles. The lowest BCUT2D eigenvalue weighted by Gasteiger charge is -2.43. The van der Waals surface area contributed by atoms with Gasteiger partial charge in [0.1, 0.15) is 5.02 Å². The Hall–Kier alpha value is -1.07. The Morgan fingerprint density at radius 2 is 2.00 bits per heavy atom. The van der Waals surface area contributed by atoms with Gasteiger partial charge in [-0.15, -0.1) is 0 Å². The molecule has 1 aromatic rings. The number of hydrogen-bond donors (Lipinski definition) is 1. The summed E-state index contributed by atoms with van der Waals surface area (Å²) in [7, 11) is 2.17. The van der Waals surface area contributed by atoms with E-state index in [9.17, 15) is 0 Å². The molecule has 0 aliphatic carbocycles. The number of piperazine rings is 1. The van der Waals surface area contributed by atoms with Gasteiger partial charge in [-0.2, -0.15) is 4.98 Å². The van der Waals surface area contributed by atoms with Gasteiger partial charge in [0.2, 0.25) is 5.95 Å². The molecule has 0 bridgehead atoms. The first-order chi connectivity index (χ1) is 9.02. The summed E-state index contributed by atoms with van der Waals surface area (Å²) in [5, 5.41) is 3.74. The van der Waals surface area contributed by atoms with Crippen molar-refractivity contribution in [3.05, 3.63) is 11.2 Å². The van der Waals surface area contributed by atoms with Crippen LogP contribution in [0.2, 0.25) is 5.02 Å². The van der Waals surface area contributed by atoms with Crippen LogP contribution in [0.1, 0.15) is 20.8 Å². The molecule has 1 aliphatic rings. The molecule has 19 heavy (non-hydrogen) atoms. The maximum Gasteiger partial charge on any atom is 0.224 e. The molecule has 106 valence electrons. The highest BCUT2D eigenvalue weighted by molar-refractivity contribution is 6.32. The Bertz CT molecular complexity index is 427. The molecule has 1 fully saturated rings. The third-order valence-electron chi connectivity index (χ3n) is 3.72. The molecule has 1 aliphatic heterocycles. The standard InChI is InChI=1S/C13H22ClN5/c1-5-15-13-16-6-11(14)12(17-13)19-7-9(2)18(4)10(3)8-19/h6,9-10H,5,7-8H2,1-4H3,(H,15,16,17). The molecule has 5 nitrogen and oxygen atoms in total. The van der Waals surface area contributed by atoms with Crippen LogP contribution in [-0.2, 0) is 0 Å². The highest BCUT2D eigenvalue weighted by Gasteiger charge is 2.28. The number of nitrogens with zero attached hydrogens (tertiary/aromatic N) is 4. The van der Waals surface area contributed by atoms with E-state index in [4.69, 9.17) is 11.6 Å². The largest absolute Gasteiger partial charge is 0.354 e. The molecular formula is C13H22ClN5. The van der Waals surface area contributed by atoms with Gasteiger partial charge >= 0.3 is 0 Å². The second-order valence-electron chi connectivity index (χ2n) is 5.16. The molecule has 0 aromatic carbocycles. The number of likely N-dealkylation sites (N-methyl/N-ethyl adjacent to an activating group) is 1. The Morgan fingerprint density at radius 3 is 2.58 bits per heavy atom. The first-order valence-electron chi connectivity index (χ1n) is 6.76. The van der Waals surface area contributed by atoms with Crippen LogP contribution in [-0.4, -0.2) is 53.6 Å². The molecule has 0 radical (unpaired) electrons. The predicted octanol–water partition coefficient (Wildman–Crippen LogP) is 2.09. The summed E-state index contributed by atoms with van der Waals surface area (Å²) in [6.07, 6.45) is 1.68. The van der Waals surface area contributed by atoms with Gasteiger partial charge in [-0.3, -0.25) is 4.90 Å². The summed E-state index contributed by atoms with van der Waals surface area (Å²) in [4.78, 5) is 13.4. The van der Waals surface area contributed by atoms with Crippen LogP contribution in [0.25, 0.3) is 0 Å². The summed E-state index contributed by atoms with van der Waals surface area (Å²) >= 11 is 6.25. The summed E-state index contributed by atoms with van der Waals surface area (Å²) in [5.74, 6) is 1.47. The fourth-order valence-electron chi connectivity index (χ4n) is 2.40. The van der Waals surface area contributed by atoms with Crippen LogP contribution in [0.3, 0.4) is 0 Å². The highest BCUT2D eigenvalue weighted by atomic mass is 35.5. The third-order valence-corrected chi connectivity index (χ3v) is 3.99. The van der Waals surface area contributed by atoms with Crippen LogP contribution >= 0.6 is 11.6 Å². The molecule has 0 spiro atoms. The van der Waals surface area contributed by atoms with E-state index in [1.54, 1.807) is 6.20 Å². The lowest BCUT2D eigenvalue weighted by Crippen LogP contribution is -2.55. The second kappa shape index (κ2) is 5.92. The second-order valence-corrected chi connectivity index (χ2v) is 5.57. The molecular weight excluding hydrogens is 262 g/mol. The van der Waals surface area contributed by atoms with Gasteiger partial charge in [0, 0.05) is 31.7 Å². The van der Waals surface area contributed by atoms with Crippen LogP contribution < -0.4 is 10.2 Å². The Labute approximate surface area is 120 Å². The Kier molecular flexibility index (Phi) is 4.47. The fraction of sp³-hybridized carbons (Fsp3) is 0.692. The Morgan fingerprint density at radius 1 is 1.37 bits per heavy atom. The van der Waals surface area contributed by atoms with Crippen molar-refractivity contribution >= 4 is 23.4 Å². The van der Waals surface area contributed by atoms with E-state index < -0.39 is 0 Å². The van der Waals surface area contributed by atoms with Gasteiger partial charge in [0.15, 0.2) is 5.82 Å². The quantitative estimate of drug-likeness (QED) is 0.920. The maximum absolute atomic E-state index is 6.25. The molecule has 2 unspecified atom stereocenters. The zero-order valence-corrected chi connectivity index (χ0v) is 12.8. The summed E-state index contributed by atoms with van der Waals surface area (Å²) in [5.41, 5.74) is 0. The van der Waals surface area contributed by atoms with Crippen molar-refractivity contribution in [1.29, 1.82) is 0 Å². The van der Waals surface area contributed by atoms with Gasteiger partial charge in [-0.25, -0.2) is 4.98 Å². The molecule has 1 aromatic heterocycles. The average molecular weight is 284 g/mol. The molecule has 2 atom stereocenters. The monoisotopic (exact) mass is 283 g/mol. The van der Waals surface area contributed by atoms with E-state index in [1.165, 1.54) is 0 Å². The molecule has 6 heteroatoms. The highest BCUT2D eigenvalue weighted by Crippen LogP contribution is 2.27. The van der Waals surface area contributed by atoms with Crippen molar-refractivity contribution in [2.45, 2.75) is 32.9 Å². The third kappa shape index (κ3) is 3.09. The zero-order valence-electron chi connectivity index (χ0n) is 12.0. The van der Waals surface area contributed by atoms with Crippen molar-refractivity contribution in [1.82, 2.24) is 14.9 Å². The number of hydrogen-bond acceptors (Lipinski definition) is 5. The van der Waals surface area contributed by atoms with Crippen molar-refractivity contribution in [2.24, 2.45) is 0 Å². The number of anilines is 2. The van der Waals surface area contributed by atoms with Crippen molar-refractivity contribution < 1.29 is 0 Å². The topological polar surface area (TPSA) is 44.3 Å². The number of halogens is 1. The van der Waals surface area contributed by atoms with Gasteiger partial charge in [-0.1, -0.05) is 11.6 Å². The smallest absolute Gasteiger partial charge is 0.224 e. The van der Waals surface area contributed by atoms with E-state index in [0.717, 1.165) is 25.5 Å². The SMILES string of the molecule is CCNc1ncc(Cl)c(N2CC(C)N(C)C(C)C2)n1. The van der Waals surface area contributed by atoms with Gasteiger partial charge in [0.25, 0.3) is 0 Å². The molecule has 2 rings (SSSR count). The minimum atomic E-state index is 0.484. The average Bonchev–Trinajstić information content (AvgIpc) is 2.38. The van der Waals surface area contributed by atoms with Crippen LogP contribution in [0.15, 0.2) is 6.20 Å². The normalized spacial score (nSPS) is 24.6. The van der Waals surface area contributed by atoms with Gasteiger partial charge in [0.05, 0.1) is 6.20 Å². The molecule has 1 saturated heterocycles. The first kappa shape index (κ1) is 14.3. The lowest BCUT2D eigenvalue weighted by atomic mass is 10.1. The number of aromatic nitrogens is 2. The minimum Gasteiger partial charge on any atom is -0.354 e. The first-order valence-corrected chi connectivity index (χ1v) is 7.14. The maximum atomic E-state index is 6.25. The van der Waals surface area contributed by atoms with Crippen LogP contribution in [0, 0.1) is 0 Å². The Balaban J connectivity index is 2.23.